The van der Waals surface area contributed by atoms with Gasteiger partial charge in [0.25, 0.3) is 0 Å². The summed E-state index contributed by atoms with van der Waals surface area (Å²) in [5, 5.41) is 4.40. The van der Waals surface area contributed by atoms with Gasteiger partial charge in [-0.05, 0) is 18.2 Å². The number of halogens is 2. The first-order chi connectivity index (χ1) is 8.99. The molecular formula is C13H16Cl2N4. The number of anilines is 2. The Morgan fingerprint density at radius 1 is 1.26 bits per heavy atom. The minimum absolute atomic E-state index is 0.547. The van der Waals surface area contributed by atoms with E-state index in [-0.39, 0.29) is 0 Å². The molecule has 4 nitrogen and oxygen atoms in total. The third-order valence-corrected chi connectivity index (χ3v) is 3.59. The van der Waals surface area contributed by atoms with E-state index in [9.17, 15) is 0 Å². The Hall–Kier alpha value is -1.39. The second-order valence-corrected chi connectivity index (χ2v) is 5.30. The van der Waals surface area contributed by atoms with Gasteiger partial charge in [-0.1, -0.05) is 23.2 Å². The van der Waals surface area contributed by atoms with Crippen molar-refractivity contribution in [1.29, 1.82) is 0 Å². The maximum absolute atomic E-state index is 5.98. The first-order valence-corrected chi connectivity index (χ1v) is 6.61. The summed E-state index contributed by atoms with van der Waals surface area (Å²) in [4.78, 5) is 6.34. The summed E-state index contributed by atoms with van der Waals surface area (Å²) in [6.45, 7) is 0.676. The highest BCUT2D eigenvalue weighted by Gasteiger charge is 2.07. The molecule has 2 aromatic rings. The standard InChI is InChI=1S/C13H16Cl2N4/c1-18(2)13-17-8-10(19(13)3)7-16-9-4-5-11(14)12(15)6-9/h4-6,8,16H,7H2,1-3H3. The minimum atomic E-state index is 0.547. The van der Waals surface area contributed by atoms with Gasteiger partial charge in [0.2, 0.25) is 5.95 Å². The van der Waals surface area contributed by atoms with Crippen molar-refractivity contribution >= 4 is 34.8 Å². The molecule has 0 fully saturated rings. The monoisotopic (exact) mass is 298 g/mol. The molecule has 0 unspecified atom stereocenters. The molecule has 102 valence electrons. The lowest BCUT2D eigenvalue weighted by Gasteiger charge is -2.13. The molecule has 0 saturated heterocycles. The van der Waals surface area contributed by atoms with Crippen LogP contribution in [0.5, 0.6) is 0 Å². The largest absolute Gasteiger partial charge is 0.379 e. The van der Waals surface area contributed by atoms with E-state index in [0.717, 1.165) is 17.3 Å². The summed E-state index contributed by atoms with van der Waals surface area (Å²) < 4.78 is 2.05. The Morgan fingerprint density at radius 3 is 2.58 bits per heavy atom. The summed E-state index contributed by atoms with van der Waals surface area (Å²) in [6, 6.07) is 5.49. The van der Waals surface area contributed by atoms with Crippen molar-refractivity contribution in [2.45, 2.75) is 6.54 Å². The van der Waals surface area contributed by atoms with Crippen LogP contribution in [-0.2, 0) is 13.6 Å². The Balaban J connectivity index is 2.08. The molecule has 0 aliphatic rings. The fourth-order valence-electron chi connectivity index (χ4n) is 1.81. The molecule has 0 bridgehead atoms. The van der Waals surface area contributed by atoms with Gasteiger partial charge in [-0.3, -0.25) is 0 Å². The number of rotatable bonds is 4. The third-order valence-electron chi connectivity index (χ3n) is 2.85. The second kappa shape index (κ2) is 5.72. The van der Waals surface area contributed by atoms with E-state index in [0.29, 0.717) is 16.6 Å². The number of benzene rings is 1. The number of imidazole rings is 1. The van der Waals surface area contributed by atoms with E-state index in [1.165, 1.54) is 0 Å². The van der Waals surface area contributed by atoms with Gasteiger partial charge in [-0.25, -0.2) is 4.98 Å². The van der Waals surface area contributed by atoms with Crippen molar-refractivity contribution in [3.8, 4) is 0 Å². The topological polar surface area (TPSA) is 33.1 Å². The third kappa shape index (κ3) is 3.14. The van der Waals surface area contributed by atoms with E-state index in [1.54, 1.807) is 6.07 Å². The molecule has 0 spiro atoms. The van der Waals surface area contributed by atoms with Crippen LogP contribution in [0.15, 0.2) is 24.4 Å². The van der Waals surface area contributed by atoms with Gasteiger partial charge in [0, 0.05) is 26.8 Å². The Labute approximate surface area is 123 Å². The molecule has 19 heavy (non-hydrogen) atoms. The predicted octanol–water partition coefficient (Wildman–Crippen LogP) is 3.41. The second-order valence-electron chi connectivity index (χ2n) is 4.49. The van der Waals surface area contributed by atoms with Gasteiger partial charge in [0.1, 0.15) is 0 Å². The smallest absolute Gasteiger partial charge is 0.204 e. The van der Waals surface area contributed by atoms with Gasteiger partial charge in [0.05, 0.1) is 28.5 Å². The van der Waals surface area contributed by atoms with Crippen LogP contribution in [0.25, 0.3) is 0 Å². The van der Waals surface area contributed by atoms with E-state index < -0.39 is 0 Å². The molecule has 0 amide bonds. The first kappa shape index (κ1) is 14.0. The zero-order valence-electron chi connectivity index (χ0n) is 11.1. The van der Waals surface area contributed by atoms with Crippen LogP contribution in [0.2, 0.25) is 10.0 Å². The van der Waals surface area contributed by atoms with Crippen LogP contribution in [0.4, 0.5) is 11.6 Å². The molecule has 0 atom stereocenters. The van der Waals surface area contributed by atoms with Crippen molar-refractivity contribution in [2.24, 2.45) is 7.05 Å². The maximum atomic E-state index is 5.98. The molecule has 1 aromatic heterocycles. The van der Waals surface area contributed by atoms with Gasteiger partial charge in [-0.15, -0.1) is 0 Å². The van der Waals surface area contributed by atoms with Crippen molar-refractivity contribution in [3.05, 3.63) is 40.1 Å². The SMILES string of the molecule is CN(C)c1ncc(CNc2ccc(Cl)c(Cl)c2)n1C. The summed E-state index contributed by atoms with van der Waals surface area (Å²) in [6.07, 6.45) is 1.86. The predicted molar refractivity (Wildman–Crippen MR) is 81.3 cm³/mol. The van der Waals surface area contributed by atoms with Crippen LogP contribution in [0, 0.1) is 0 Å². The number of nitrogens with zero attached hydrogens (tertiary/aromatic N) is 3. The Bertz CT molecular complexity index is 578. The molecule has 1 N–H and O–H groups in total. The molecule has 1 heterocycles. The van der Waals surface area contributed by atoms with Crippen molar-refractivity contribution in [1.82, 2.24) is 9.55 Å². The highest BCUT2D eigenvalue weighted by molar-refractivity contribution is 6.42. The first-order valence-electron chi connectivity index (χ1n) is 5.86. The zero-order chi connectivity index (χ0) is 14.0. The lowest BCUT2D eigenvalue weighted by atomic mass is 10.3. The summed E-state index contributed by atoms with van der Waals surface area (Å²) in [5.74, 6) is 0.922. The van der Waals surface area contributed by atoms with Gasteiger partial charge in [0.15, 0.2) is 0 Å². The lowest BCUT2D eigenvalue weighted by molar-refractivity contribution is 0.814. The highest BCUT2D eigenvalue weighted by Crippen LogP contribution is 2.25. The summed E-state index contributed by atoms with van der Waals surface area (Å²) in [7, 11) is 5.94. The molecule has 0 aliphatic heterocycles. The van der Waals surface area contributed by atoms with Crippen LogP contribution >= 0.6 is 23.2 Å². The molecule has 2 rings (SSSR count). The van der Waals surface area contributed by atoms with Crippen molar-refractivity contribution < 1.29 is 0 Å². The van der Waals surface area contributed by atoms with Crippen molar-refractivity contribution in [3.63, 3.8) is 0 Å². The molecular weight excluding hydrogens is 283 g/mol. The average Bonchev–Trinajstić information content (AvgIpc) is 2.72. The quantitative estimate of drug-likeness (QED) is 0.939. The zero-order valence-corrected chi connectivity index (χ0v) is 12.6. The molecule has 6 heteroatoms. The summed E-state index contributed by atoms with van der Waals surface area (Å²) in [5.41, 5.74) is 2.02. The molecule has 0 radical (unpaired) electrons. The number of hydrogen-bond donors (Lipinski definition) is 1. The van der Waals surface area contributed by atoms with Crippen LogP contribution in [-0.4, -0.2) is 23.6 Å². The Morgan fingerprint density at radius 2 is 2.00 bits per heavy atom. The fourth-order valence-corrected chi connectivity index (χ4v) is 2.11. The van der Waals surface area contributed by atoms with E-state index in [4.69, 9.17) is 23.2 Å². The number of aromatic nitrogens is 2. The van der Waals surface area contributed by atoms with E-state index in [1.807, 2.05) is 48.9 Å². The Kier molecular flexibility index (Phi) is 4.22. The minimum Gasteiger partial charge on any atom is -0.379 e. The highest BCUT2D eigenvalue weighted by atomic mass is 35.5. The molecule has 1 aromatic carbocycles. The van der Waals surface area contributed by atoms with Crippen LogP contribution < -0.4 is 10.2 Å². The number of hydrogen-bond acceptors (Lipinski definition) is 3. The van der Waals surface area contributed by atoms with Crippen LogP contribution in [0.1, 0.15) is 5.69 Å². The lowest BCUT2D eigenvalue weighted by Crippen LogP contribution is -2.15. The van der Waals surface area contributed by atoms with Crippen molar-refractivity contribution in [2.75, 3.05) is 24.3 Å². The normalized spacial score (nSPS) is 10.6. The molecule has 0 aliphatic carbocycles. The number of nitrogens with one attached hydrogen (secondary N) is 1. The van der Waals surface area contributed by atoms with Gasteiger partial charge >= 0.3 is 0 Å². The van der Waals surface area contributed by atoms with Gasteiger partial charge in [-0.2, -0.15) is 0 Å². The summed E-state index contributed by atoms with van der Waals surface area (Å²) >= 11 is 11.9. The fraction of sp³-hybridized carbons (Fsp3) is 0.308. The van der Waals surface area contributed by atoms with E-state index in [2.05, 4.69) is 10.3 Å². The van der Waals surface area contributed by atoms with E-state index >= 15 is 0 Å². The average molecular weight is 299 g/mol. The van der Waals surface area contributed by atoms with Crippen LogP contribution in [0.3, 0.4) is 0 Å². The van der Waals surface area contributed by atoms with Gasteiger partial charge < -0.3 is 14.8 Å². The maximum Gasteiger partial charge on any atom is 0.204 e. The molecule has 0 saturated carbocycles.